The minimum atomic E-state index is -4.60. The fourth-order valence-corrected chi connectivity index (χ4v) is 3.74. The van der Waals surface area contributed by atoms with Crippen LogP contribution in [0.15, 0.2) is 78.9 Å². The van der Waals surface area contributed by atoms with E-state index in [9.17, 15) is 22.8 Å². The van der Waals surface area contributed by atoms with E-state index < -0.39 is 23.6 Å². The van der Waals surface area contributed by atoms with Crippen LogP contribution in [0, 0.1) is 0 Å². The van der Waals surface area contributed by atoms with E-state index in [2.05, 4.69) is 0 Å². The third-order valence-electron chi connectivity index (χ3n) is 5.22. The Morgan fingerprint density at radius 3 is 2.12 bits per heavy atom. The van der Waals surface area contributed by atoms with Crippen LogP contribution in [0.3, 0.4) is 0 Å². The van der Waals surface area contributed by atoms with Gasteiger partial charge in [-0.05, 0) is 23.3 Å². The van der Waals surface area contributed by atoms with Crippen molar-refractivity contribution in [2.24, 2.45) is 0 Å². The lowest BCUT2D eigenvalue weighted by Gasteiger charge is -2.22. The van der Waals surface area contributed by atoms with Crippen LogP contribution in [0.5, 0.6) is 0 Å². The minimum absolute atomic E-state index is 0.0817. The zero-order valence-electron chi connectivity index (χ0n) is 17.0. The van der Waals surface area contributed by atoms with E-state index in [1.807, 2.05) is 6.07 Å². The van der Waals surface area contributed by atoms with Gasteiger partial charge in [-0.2, -0.15) is 13.2 Å². The summed E-state index contributed by atoms with van der Waals surface area (Å²) in [6.45, 7) is 0.0817. The Morgan fingerprint density at radius 2 is 1.53 bits per heavy atom. The molecule has 0 spiro atoms. The summed E-state index contributed by atoms with van der Waals surface area (Å²) in [4.78, 5) is 27.5. The zero-order valence-corrected chi connectivity index (χ0v) is 17.0. The molecule has 162 valence electrons. The van der Waals surface area contributed by atoms with Crippen LogP contribution in [0.2, 0.25) is 0 Å². The van der Waals surface area contributed by atoms with Gasteiger partial charge in [0.05, 0.1) is 30.5 Å². The van der Waals surface area contributed by atoms with Crippen molar-refractivity contribution in [3.63, 3.8) is 0 Å². The third-order valence-corrected chi connectivity index (χ3v) is 5.22. The molecule has 0 fully saturated rings. The Morgan fingerprint density at radius 1 is 0.906 bits per heavy atom. The van der Waals surface area contributed by atoms with E-state index in [0.717, 1.165) is 17.7 Å². The molecule has 3 aromatic rings. The molecule has 0 saturated carbocycles. The standard InChI is InChI=1S/C25H18F3NO3/c1-32-24(31)21(17-10-6-3-7-11-17)22-19-13-12-18(25(26,27)28)14-20(19)23(30)29(22)15-16-8-4-2-5-9-16/h2-14H,15H2,1H3/b22-21+. The molecule has 0 atom stereocenters. The van der Waals surface area contributed by atoms with Crippen molar-refractivity contribution in [3.05, 3.63) is 107 Å². The largest absolute Gasteiger partial charge is 0.465 e. The third kappa shape index (κ3) is 3.89. The van der Waals surface area contributed by atoms with Crippen LogP contribution < -0.4 is 0 Å². The number of fused-ring (bicyclic) bond motifs is 1. The maximum Gasteiger partial charge on any atom is 0.416 e. The summed E-state index contributed by atoms with van der Waals surface area (Å²) < 4.78 is 45.0. The highest BCUT2D eigenvalue weighted by atomic mass is 19.4. The van der Waals surface area contributed by atoms with Gasteiger partial charge in [0.2, 0.25) is 0 Å². The van der Waals surface area contributed by atoms with Gasteiger partial charge in [-0.3, -0.25) is 4.79 Å². The second kappa shape index (κ2) is 8.34. The quantitative estimate of drug-likeness (QED) is 0.406. The van der Waals surface area contributed by atoms with Gasteiger partial charge in [0.15, 0.2) is 0 Å². The SMILES string of the molecule is COC(=O)/C(=C1\c2ccc(C(F)(F)F)cc2C(=O)N1Cc1ccccc1)c1ccccc1. The number of carbonyl (C=O) groups is 2. The van der Waals surface area contributed by atoms with Gasteiger partial charge < -0.3 is 9.64 Å². The summed E-state index contributed by atoms with van der Waals surface area (Å²) in [5.41, 5.74) is 0.806. The number of carbonyl (C=O) groups excluding carboxylic acids is 2. The van der Waals surface area contributed by atoms with E-state index in [0.29, 0.717) is 5.56 Å². The molecule has 0 radical (unpaired) electrons. The predicted octanol–water partition coefficient (Wildman–Crippen LogP) is 5.40. The molecule has 1 aliphatic rings. The number of halogens is 3. The van der Waals surface area contributed by atoms with Crippen LogP contribution in [0.25, 0.3) is 11.3 Å². The van der Waals surface area contributed by atoms with Gasteiger partial charge >= 0.3 is 12.1 Å². The first-order valence-corrected chi connectivity index (χ1v) is 9.76. The van der Waals surface area contributed by atoms with Crippen LogP contribution in [0.4, 0.5) is 13.2 Å². The van der Waals surface area contributed by atoms with Crippen molar-refractivity contribution in [1.82, 2.24) is 4.90 Å². The molecule has 0 N–H and O–H groups in total. The molecule has 1 heterocycles. The molecule has 7 heteroatoms. The van der Waals surface area contributed by atoms with Crippen molar-refractivity contribution in [2.45, 2.75) is 12.7 Å². The summed E-state index contributed by atoms with van der Waals surface area (Å²) in [6, 6.07) is 20.6. The van der Waals surface area contributed by atoms with Crippen LogP contribution in [-0.4, -0.2) is 23.9 Å². The average molecular weight is 437 g/mol. The number of nitrogens with zero attached hydrogens (tertiary/aromatic N) is 1. The number of amides is 1. The summed E-state index contributed by atoms with van der Waals surface area (Å²) in [7, 11) is 1.22. The van der Waals surface area contributed by atoms with E-state index in [4.69, 9.17) is 4.74 Å². The second-order valence-corrected chi connectivity index (χ2v) is 7.22. The molecule has 0 aliphatic carbocycles. The lowest BCUT2D eigenvalue weighted by molar-refractivity contribution is -0.137. The molecular weight excluding hydrogens is 419 g/mol. The molecule has 3 aromatic carbocycles. The molecule has 4 rings (SSSR count). The van der Waals surface area contributed by atoms with Crippen LogP contribution >= 0.6 is 0 Å². The van der Waals surface area contributed by atoms with Crippen molar-refractivity contribution in [2.75, 3.05) is 7.11 Å². The van der Waals surface area contributed by atoms with Gasteiger partial charge in [0.1, 0.15) is 0 Å². The molecule has 32 heavy (non-hydrogen) atoms. The number of rotatable bonds is 4. The Labute approximate surface area is 182 Å². The first-order chi connectivity index (χ1) is 15.3. The lowest BCUT2D eigenvalue weighted by Crippen LogP contribution is -2.24. The number of ether oxygens (including phenoxy) is 1. The molecule has 4 nitrogen and oxygen atoms in total. The highest BCUT2D eigenvalue weighted by Gasteiger charge is 2.39. The first-order valence-electron chi connectivity index (χ1n) is 9.76. The summed E-state index contributed by atoms with van der Waals surface area (Å²) in [5, 5.41) is 0. The smallest absolute Gasteiger partial charge is 0.416 e. The topological polar surface area (TPSA) is 46.6 Å². The number of methoxy groups -OCH3 is 1. The van der Waals surface area contributed by atoms with E-state index in [1.54, 1.807) is 54.6 Å². The van der Waals surface area contributed by atoms with Gasteiger partial charge in [-0.15, -0.1) is 0 Å². The predicted molar refractivity (Wildman–Crippen MR) is 113 cm³/mol. The first kappa shape index (κ1) is 21.4. The summed E-state index contributed by atoms with van der Waals surface area (Å²) in [5.74, 6) is -1.30. The van der Waals surface area contributed by atoms with Crippen molar-refractivity contribution < 1.29 is 27.5 Å². The van der Waals surface area contributed by atoms with E-state index in [1.165, 1.54) is 18.1 Å². The van der Waals surface area contributed by atoms with Gasteiger partial charge in [-0.25, -0.2) is 4.79 Å². The Balaban J connectivity index is 1.98. The second-order valence-electron chi connectivity index (χ2n) is 7.22. The number of hydrogen-bond acceptors (Lipinski definition) is 3. The highest BCUT2D eigenvalue weighted by molar-refractivity contribution is 6.28. The lowest BCUT2D eigenvalue weighted by atomic mass is 9.97. The molecule has 1 aliphatic heterocycles. The summed E-state index contributed by atoms with van der Waals surface area (Å²) >= 11 is 0. The Hall–Kier alpha value is -3.87. The van der Waals surface area contributed by atoms with Crippen molar-refractivity contribution in [1.29, 1.82) is 0 Å². The monoisotopic (exact) mass is 437 g/mol. The maximum atomic E-state index is 13.3. The van der Waals surface area contributed by atoms with E-state index >= 15 is 0 Å². The Kier molecular flexibility index (Phi) is 5.57. The molecule has 0 saturated heterocycles. The normalized spacial score (nSPS) is 14.9. The van der Waals surface area contributed by atoms with E-state index in [-0.39, 0.29) is 28.9 Å². The fraction of sp³-hybridized carbons (Fsp3) is 0.120. The van der Waals surface area contributed by atoms with Crippen LogP contribution in [0.1, 0.15) is 32.6 Å². The fourth-order valence-electron chi connectivity index (χ4n) is 3.74. The van der Waals surface area contributed by atoms with Crippen molar-refractivity contribution >= 4 is 23.1 Å². The average Bonchev–Trinajstić information content (AvgIpc) is 3.06. The summed E-state index contributed by atoms with van der Waals surface area (Å²) in [6.07, 6.45) is -4.60. The molecule has 0 unspecified atom stereocenters. The van der Waals surface area contributed by atoms with Crippen molar-refractivity contribution in [3.8, 4) is 0 Å². The number of esters is 1. The number of hydrogen-bond donors (Lipinski definition) is 0. The van der Waals surface area contributed by atoms with Gasteiger partial charge in [-0.1, -0.05) is 66.7 Å². The molecule has 0 aromatic heterocycles. The number of benzene rings is 3. The number of alkyl halides is 3. The van der Waals surface area contributed by atoms with Gasteiger partial charge in [0.25, 0.3) is 5.91 Å². The van der Waals surface area contributed by atoms with Crippen LogP contribution in [-0.2, 0) is 22.3 Å². The highest BCUT2D eigenvalue weighted by Crippen LogP contribution is 2.42. The molecular formula is C25H18F3NO3. The van der Waals surface area contributed by atoms with Gasteiger partial charge in [0, 0.05) is 11.1 Å². The molecule has 1 amide bonds. The zero-order chi connectivity index (χ0) is 22.9. The Bertz CT molecular complexity index is 1200. The minimum Gasteiger partial charge on any atom is -0.465 e. The maximum absolute atomic E-state index is 13.3. The molecule has 0 bridgehead atoms.